The number of aryl methyl sites for hydroxylation is 1. The summed E-state index contributed by atoms with van der Waals surface area (Å²) in [6.45, 7) is 4.60. The van der Waals surface area contributed by atoms with Crippen LogP contribution in [0.15, 0.2) is 42.7 Å². The first-order chi connectivity index (χ1) is 15.2. The first-order valence-corrected chi connectivity index (χ1v) is 10.6. The van der Waals surface area contributed by atoms with E-state index in [-0.39, 0.29) is 5.91 Å². The molecular weight excluding hydrogens is 392 g/mol. The van der Waals surface area contributed by atoms with E-state index >= 15 is 0 Å². The standard InChI is InChI=1S/C23H26N6O2/c1-28-22-18(15-26-28)14-25-23-19(22)12-20(27-23)17-4-2-3-16(11-17)13-24-21(30)5-6-29-7-9-31-10-8-29/h2-4,11-12,14-15H,5-10,13H2,1H3,(H,24,30)(H,25,27). The summed E-state index contributed by atoms with van der Waals surface area (Å²) < 4.78 is 7.22. The number of carbonyl (C=O) groups excluding carboxylic acids is 1. The van der Waals surface area contributed by atoms with Gasteiger partial charge in [0.1, 0.15) is 5.65 Å². The number of benzene rings is 1. The number of H-pyrrole nitrogens is 1. The first kappa shape index (κ1) is 19.7. The highest BCUT2D eigenvalue weighted by atomic mass is 16.5. The zero-order valence-electron chi connectivity index (χ0n) is 17.6. The van der Waals surface area contributed by atoms with Gasteiger partial charge in [-0.3, -0.25) is 14.4 Å². The van der Waals surface area contributed by atoms with Crippen molar-refractivity contribution in [1.29, 1.82) is 0 Å². The Hall–Kier alpha value is -3.23. The Labute approximate surface area is 180 Å². The molecule has 0 aliphatic carbocycles. The molecule has 4 aromatic rings. The summed E-state index contributed by atoms with van der Waals surface area (Å²) in [5.74, 6) is 0.0744. The van der Waals surface area contributed by atoms with Crippen molar-refractivity contribution in [3.63, 3.8) is 0 Å². The van der Waals surface area contributed by atoms with E-state index in [1.54, 1.807) is 0 Å². The van der Waals surface area contributed by atoms with Crippen LogP contribution in [-0.2, 0) is 23.1 Å². The summed E-state index contributed by atoms with van der Waals surface area (Å²) >= 11 is 0. The molecule has 1 fully saturated rings. The molecule has 5 rings (SSSR count). The number of nitrogens with one attached hydrogen (secondary N) is 2. The van der Waals surface area contributed by atoms with E-state index < -0.39 is 0 Å². The second-order valence-electron chi connectivity index (χ2n) is 7.96. The normalized spacial score (nSPS) is 15.0. The number of pyridine rings is 1. The maximum Gasteiger partial charge on any atom is 0.221 e. The van der Waals surface area contributed by atoms with Crippen molar-refractivity contribution in [3.8, 4) is 11.3 Å². The molecule has 1 aromatic carbocycles. The Bertz CT molecular complexity index is 1220. The summed E-state index contributed by atoms with van der Waals surface area (Å²) in [6, 6.07) is 10.3. The van der Waals surface area contributed by atoms with Gasteiger partial charge in [-0.15, -0.1) is 0 Å². The van der Waals surface area contributed by atoms with E-state index in [2.05, 4.69) is 43.5 Å². The molecule has 31 heavy (non-hydrogen) atoms. The number of morpholine rings is 1. The number of hydrogen-bond donors (Lipinski definition) is 2. The van der Waals surface area contributed by atoms with Gasteiger partial charge in [0, 0.05) is 62.3 Å². The van der Waals surface area contributed by atoms with Gasteiger partial charge < -0.3 is 15.0 Å². The number of hydrogen-bond acceptors (Lipinski definition) is 5. The molecule has 1 aliphatic rings. The third kappa shape index (κ3) is 4.17. The van der Waals surface area contributed by atoms with Crippen LogP contribution < -0.4 is 5.32 Å². The number of ether oxygens (including phenoxy) is 1. The zero-order valence-corrected chi connectivity index (χ0v) is 17.6. The number of aromatic amines is 1. The summed E-state index contributed by atoms with van der Waals surface area (Å²) in [5, 5.41) is 9.45. The molecule has 0 spiro atoms. The van der Waals surface area contributed by atoms with Crippen LogP contribution in [0.5, 0.6) is 0 Å². The molecule has 0 saturated carbocycles. The SMILES string of the molecule is Cn1ncc2cnc3[nH]c(-c4cccc(CNC(=O)CCN5CCOCC5)c4)cc3c21. The lowest BCUT2D eigenvalue weighted by Crippen LogP contribution is -2.38. The van der Waals surface area contributed by atoms with Gasteiger partial charge >= 0.3 is 0 Å². The topological polar surface area (TPSA) is 88.1 Å². The van der Waals surface area contributed by atoms with Crippen molar-refractivity contribution in [1.82, 2.24) is 30.0 Å². The average Bonchev–Trinajstić information content (AvgIpc) is 3.40. The van der Waals surface area contributed by atoms with Crippen molar-refractivity contribution in [2.75, 3.05) is 32.8 Å². The van der Waals surface area contributed by atoms with Crippen LogP contribution in [0, 0.1) is 0 Å². The second-order valence-corrected chi connectivity index (χ2v) is 7.96. The molecule has 0 radical (unpaired) electrons. The van der Waals surface area contributed by atoms with Gasteiger partial charge in [-0.1, -0.05) is 18.2 Å². The summed E-state index contributed by atoms with van der Waals surface area (Å²) in [7, 11) is 1.94. The van der Waals surface area contributed by atoms with Crippen molar-refractivity contribution < 1.29 is 9.53 Å². The fourth-order valence-electron chi connectivity index (χ4n) is 4.12. The van der Waals surface area contributed by atoms with Crippen LogP contribution in [0.1, 0.15) is 12.0 Å². The first-order valence-electron chi connectivity index (χ1n) is 10.6. The van der Waals surface area contributed by atoms with Gasteiger partial charge in [-0.25, -0.2) is 4.98 Å². The van der Waals surface area contributed by atoms with E-state index in [9.17, 15) is 4.79 Å². The van der Waals surface area contributed by atoms with Crippen molar-refractivity contribution in [3.05, 3.63) is 48.3 Å². The predicted octanol–water partition coefficient (Wildman–Crippen LogP) is 2.46. The van der Waals surface area contributed by atoms with Gasteiger partial charge in [0.2, 0.25) is 5.91 Å². The lowest BCUT2D eigenvalue weighted by Gasteiger charge is -2.26. The summed E-state index contributed by atoms with van der Waals surface area (Å²) in [4.78, 5) is 22.5. The Kier molecular flexibility index (Phi) is 5.40. The fraction of sp³-hybridized carbons (Fsp3) is 0.348. The minimum absolute atomic E-state index is 0.0744. The third-order valence-corrected chi connectivity index (χ3v) is 5.84. The lowest BCUT2D eigenvalue weighted by molar-refractivity contribution is -0.121. The van der Waals surface area contributed by atoms with E-state index in [1.165, 1.54) is 0 Å². The predicted molar refractivity (Wildman–Crippen MR) is 120 cm³/mol. The zero-order chi connectivity index (χ0) is 21.2. The number of carbonyl (C=O) groups is 1. The van der Waals surface area contributed by atoms with Crippen LogP contribution in [0.3, 0.4) is 0 Å². The number of amides is 1. The van der Waals surface area contributed by atoms with Crippen LogP contribution in [0.4, 0.5) is 0 Å². The molecule has 0 unspecified atom stereocenters. The molecule has 8 heteroatoms. The van der Waals surface area contributed by atoms with Crippen LogP contribution in [-0.4, -0.2) is 63.4 Å². The molecule has 0 bridgehead atoms. The molecule has 4 heterocycles. The van der Waals surface area contributed by atoms with Crippen LogP contribution in [0.2, 0.25) is 0 Å². The van der Waals surface area contributed by atoms with Gasteiger partial charge in [0.25, 0.3) is 0 Å². The highest BCUT2D eigenvalue weighted by Gasteiger charge is 2.13. The Morgan fingerprint density at radius 3 is 2.97 bits per heavy atom. The Balaban J connectivity index is 1.27. The highest BCUT2D eigenvalue weighted by molar-refractivity contribution is 6.04. The summed E-state index contributed by atoms with van der Waals surface area (Å²) in [6.07, 6.45) is 4.18. The van der Waals surface area contributed by atoms with Gasteiger partial charge in [-0.05, 0) is 23.3 Å². The van der Waals surface area contributed by atoms with Crippen LogP contribution >= 0.6 is 0 Å². The monoisotopic (exact) mass is 418 g/mol. The summed E-state index contributed by atoms with van der Waals surface area (Å²) in [5.41, 5.74) is 5.03. The van der Waals surface area contributed by atoms with Gasteiger partial charge in [0.15, 0.2) is 0 Å². The molecule has 3 aromatic heterocycles. The Morgan fingerprint density at radius 2 is 2.10 bits per heavy atom. The lowest BCUT2D eigenvalue weighted by atomic mass is 10.1. The molecule has 2 N–H and O–H groups in total. The van der Waals surface area contributed by atoms with Crippen LogP contribution in [0.25, 0.3) is 33.2 Å². The smallest absolute Gasteiger partial charge is 0.221 e. The maximum atomic E-state index is 12.3. The van der Waals surface area contributed by atoms with Crippen molar-refractivity contribution >= 4 is 27.8 Å². The molecule has 8 nitrogen and oxygen atoms in total. The number of aromatic nitrogens is 4. The van der Waals surface area contributed by atoms with Crippen molar-refractivity contribution in [2.24, 2.45) is 7.05 Å². The number of rotatable bonds is 6. The fourth-order valence-corrected chi connectivity index (χ4v) is 4.12. The molecule has 1 saturated heterocycles. The molecule has 1 aliphatic heterocycles. The molecule has 160 valence electrons. The highest BCUT2D eigenvalue weighted by Crippen LogP contribution is 2.28. The second kappa shape index (κ2) is 8.49. The minimum atomic E-state index is 0.0744. The molecular formula is C23H26N6O2. The van der Waals surface area contributed by atoms with E-state index in [1.807, 2.05) is 36.3 Å². The average molecular weight is 419 g/mol. The van der Waals surface area contributed by atoms with Crippen molar-refractivity contribution in [2.45, 2.75) is 13.0 Å². The largest absolute Gasteiger partial charge is 0.379 e. The number of fused-ring (bicyclic) bond motifs is 3. The Morgan fingerprint density at radius 1 is 1.23 bits per heavy atom. The molecule has 0 atom stereocenters. The van der Waals surface area contributed by atoms with Gasteiger partial charge in [0.05, 0.1) is 24.9 Å². The van der Waals surface area contributed by atoms with E-state index in [0.29, 0.717) is 13.0 Å². The quantitative estimate of drug-likeness (QED) is 0.502. The van der Waals surface area contributed by atoms with E-state index in [0.717, 1.165) is 71.6 Å². The number of nitrogens with zero attached hydrogens (tertiary/aromatic N) is 4. The third-order valence-electron chi connectivity index (χ3n) is 5.84. The minimum Gasteiger partial charge on any atom is -0.379 e. The van der Waals surface area contributed by atoms with Gasteiger partial charge in [-0.2, -0.15) is 5.10 Å². The maximum absolute atomic E-state index is 12.3. The van der Waals surface area contributed by atoms with E-state index in [4.69, 9.17) is 4.74 Å². The molecule has 1 amide bonds.